The van der Waals surface area contributed by atoms with Crippen molar-refractivity contribution >= 4 is 11.8 Å². The molecule has 0 saturated carbocycles. The van der Waals surface area contributed by atoms with Gasteiger partial charge >= 0.3 is 0 Å². The van der Waals surface area contributed by atoms with E-state index in [4.69, 9.17) is 14.2 Å². The van der Waals surface area contributed by atoms with E-state index in [1.54, 1.807) is 16.7 Å². The molecule has 0 aliphatic carbocycles. The predicted octanol–water partition coefficient (Wildman–Crippen LogP) is 5.14. The summed E-state index contributed by atoms with van der Waals surface area (Å²) < 4.78 is 19.7. The summed E-state index contributed by atoms with van der Waals surface area (Å²) in [5.41, 5.74) is 3.12. The van der Waals surface area contributed by atoms with E-state index >= 15 is 0 Å². The van der Waals surface area contributed by atoms with Crippen LogP contribution in [0.5, 0.6) is 11.5 Å². The number of ether oxygens (including phenoxy) is 3. The summed E-state index contributed by atoms with van der Waals surface area (Å²) in [7, 11) is 3.46. The van der Waals surface area contributed by atoms with Gasteiger partial charge in [-0.1, -0.05) is 48.5 Å². The quantitative estimate of drug-likeness (QED) is 0.312. The van der Waals surface area contributed by atoms with Crippen LogP contribution in [0.25, 0.3) is 11.3 Å². The van der Waals surface area contributed by atoms with Gasteiger partial charge in [0.2, 0.25) is 0 Å². The van der Waals surface area contributed by atoms with E-state index < -0.39 is 5.60 Å². The average molecular weight is 609 g/mol. The summed E-state index contributed by atoms with van der Waals surface area (Å²) in [4.78, 5) is 32.1. The molecule has 6 rings (SSSR count). The van der Waals surface area contributed by atoms with Crippen LogP contribution in [0, 0.1) is 0 Å². The van der Waals surface area contributed by atoms with Crippen LogP contribution >= 0.6 is 0 Å². The number of hydrogen-bond donors (Lipinski definition) is 0. The van der Waals surface area contributed by atoms with Crippen molar-refractivity contribution in [3.8, 4) is 22.8 Å². The normalized spacial score (nSPS) is 19.3. The van der Waals surface area contributed by atoms with Crippen LogP contribution in [0.1, 0.15) is 40.9 Å². The molecule has 1 atom stereocenters. The molecule has 9 nitrogen and oxygen atoms in total. The highest BCUT2D eigenvalue weighted by molar-refractivity contribution is 5.95. The van der Waals surface area contributed by atoms with Gasteiger partial charge in [0.05, 0.1) is 32.5 Å². The number of rotatable bonds is 5. The molecule has 0 bridgehead atoms. The number of aryl methyl sites for hydroxylation is 2. The number of carbonyl (C=O) groups excluding carboxylic acids is 2. The van der Waals surface area contributed by atoms with Crippen molar-refractivity contribution in [3.05, 3.63) is 102 Å². The molecule has 1 aromatic heterocycles. The highest BCUT2D eigenvalue weighted by Gasteiger charge is 2.47. The van der Waals surface area contributed by atoms with Gasteiger partial charge in [-0.05, 0) is 73.2 Å². The first-order valence-electron chi connectivity index (χ1n) is 15.6. The highest BCUT2D eigenvalue weighted by atomic mass is 16.5. The molecule has 4 aromatic rings. The van der Waals surface area contributed by atoms with E-state index in [0.29, 0.717) is 38.4 Å². The number of aromatic nitrogens is 2. The summed E-state index contributed by atoms with van der Waals surface area (Å²) in [6, 6.07) is 27.5. The molecule has 45 heavy (non-hydrogen) atoms. The lowest BCUT2D eigenvalue weighted by Crippen LogP contribution is -2.62. The summed E-state index contributed by atoms with van der Waals surface area (Å²) >= 11 is 0. The zero-order valence-electron chi connectivity index (χ0n) is 26.0. The van der Waals surface area contributed by atoms with Gasteiger partial charge in [0.1, 0.15) is 18.1 Å². The SMILES string of the molecule is COc1ccc(-c2cc(C(=O)N3CCOC4(CCCCc5ccccc5OCCN(Cc5ccccc5)C4=O)C3)nn2C)cc1. The number of para-hydroxylation sites is 1. The number of morpholine rings is 1. The number of amides is 2. The first-order chi connectivity index (χ1) is 22.0. The van der Waals surface area contributed by atoms with E-state index in [1.807, 2.05) is 90.8 Å². The second-order valence-corrected chi connectivity index (χ2v) is 11.7. The molecule has 1 unspecified atom stereocenters. The van der Waals surface area contributed by atoms with Gasteiger partial charge in [-0.25, -0.2) is 0 Å². The lowest BCUT2D eigenvalue weighted by Gasteiger charge is -2.44. The van der Waals surface area contributed by atoms with Gasteiger partial charge in [-0.15, -0.1) is 0 Å². The van der Waals surface area contributed by atoms with Crippen LogP contribution in [0.2, 0.25) is 0 Å². The van der Waals surface area contributed by atoms with Crippen molar-refractivity contribution in [2.24, 2.45) is 7.05 Å². The fraction of sp³-hybridized carbons (Fsp3) is 0.361. The van der Waals surface area contributed by atoms with Gasteiger partial charge in [0, 0.05) is 25.7 Å². The van der Waals surface area contributed by atoms with E-state index in [0.717, 1.165) is 53.1 Å². The Hall–Kier alpha value is -4.63. The third-order valence-corrected chi connectivity index (χ3v) is 8.72. The molecule has 234 valence electrons. The number of carbonyl (C=O) groups is 2. The maximum atomic E-state index is 14.6. The minimum Gasteiger partial charge on any atom is -0.497 e. The van der Waals surface area contributed by atoms with Crippen LogP contribution in [-0.2, 0) is 29.5 Å². The Balaban J connectivity index is 1.27. The zero-order chi connectivity index (χ0) is 31.2. The van der Waals surface area contributed by atoms with E-state index in [1.165, 1.54) is 0 Å². The summed E-state index contributed by atoms with van der Waals surface area (Å²) in [6.45, 7) is 2.01. The molecule has 2 amide bonds. The van der Waals surface area contributed by atoms with Crippen molar-refractivity contribution in [3.63, 3.8) is 0 Å². The van der Waals surface area contributed by atoms with E-state index in [-0.39, 0.29) is 25.0 Å². The highest BCUT2D eigenvalue weighted by Crippen LogP contribution is 2.31. The third-order valence-electron chi connectivity index (χ3n) is 8.72. The first-order valence-corrected chi connectivity index (χ1v) is 15.6. The number of nitrogens with zero attached hydrogens (tertiary/aromatic N) is 4. The minimum absolute atomic E-state index is 0.110. The number of methoxy groups -OCH3 is 1. The molecule has 0 radical (unpaired) electrons. The lowest BCUT2D eigenvalue weighted by molar-refractivity contribution is -0.171. The maximum Gasteiger partial charge on any atom is 0.274 e. The Morgan fingerprint density at radius 2 is 1.73 bits per heavy atom. The van der Waals surface area contributed by atoms with E-state index in [2.05, 4.69) is 11.2 Å². The van der Waals surface area contributed by atoms with Crippen molar-refractivity contribution < 1.29 is 23.8 Å². The largest absolute Gasteiger partial charge is 0.497 e. The number of benzene rings is 3. The fourth-order valence-electron chi connectivity index (χ4n) is 6.30. The van der Waals surface area contributed by atoms with Crippen molar-refractivity contribution in [2.45, 2.75) is 37.8 Å². The van der Waals surface area contributed by atoms with Crippen LogP contribution in [0.15, 0.2) is 84.9 Å². The molecular formula is C36H40N4O5. The third kappa shape index (κ3) is 6.73. The predicted molar refractivity (Wildman–Crippen MR) is 171 cm³/mol. The molecule has 0 N–H and O–H groups in total. The van der Waals surface area contributed by atoms with Gasteiger partial charge in [-0.2, -0.15) is 5.10 Å². The van der Waals surface area contributed by atoms with Gasteiger partial charge in [0.15, 0.2) is 11.3 Å². The molecule has 2 aliphatic rings. The van der Waals surface area contributed by atoms with Crippen LogP contribution < -0.4 is 9.47 Å². The van der Waals surface area contributed by atoms with Crippen LogP contribution in [0.4, 0.5) is 0 Å². The van der Waals surface area contributed by atoms with Crippen molar-refractivity contribution in [1.29, 1.82) is 0 Å². The molecule has 1 fully saturated rings. The average Bonchev–Trinajstić information content (AvgIpc) is 3.47. The monoisotopic (exact) mass is 608 g/mol. The summed E-state index contributed by atoms with van der Waals surface area (Å²) in [5, 5.41) is 4.57. The Morgan fingerprint density at radius 3 is 2.53 bits per heavy atom. The maximum absolute atomic E-state index is 14.6. The smallest absolute Gasteiger partial charge is 0.274 e. The molecule has 3 heterocycles. The standard InChI is InChI=1S/C36H40N4O5/c1-38-32(28-15-17-30(43-2)18-16-28)24-31(37-38)34(41)40-21-23-45-36(26-40)19-9-8-13-29-12-6-7-14-33(29)44-22-20-39(35(36)42)25-27-10-4-3-5-11-27/h3-7,10-12,14-18,24H,8-9,13,19-23,25-26H2,1-2H3. The lowest BCUT2D eigenvalue weighted by atomic mass is 9.90. The Kier molecular flexibility index (Phi) is 9.16. The van der Waals surface area contributed by atoms with Gasteiger partial charge < -0.3 is 24.0 Å². The Morgan fingerprint density at radius 1 is 0.956 bits per heavy atom. The van der Waals surface area contributed by atoms with Crippen molar-refractivity contribution in [1.82, 2.24) is 19.6 Å². The second kappa shape index (κ2) is 13.6. The van der Waals surface area contributed by atoms with Crippen molar-refractivity contribution in [2.75, 3.05) is 40.0 Å². The molecule has 1 saturated heterocycles. The van der Waals surface area contributed by atoms with Crippen LogP contribution in [-0.4, -0.2) is 77.0 Å². The molecule has 2 aliphatic heterocycles. The first kappa shape index (κ1) is 30.4. The summed E-state index contributed by atoms with van der Waals surface area (Å²) in [5.74, 6) is 1.31. The molecule has 3 aromatic carbocycles. The van der Waals surface area contributed by atoms with E-state index in [9.17, 15) is 9.59 Å². The van der Waals surface area contributed by atoms with Gasteiger partial charge in [-0.3, -0.25) is 14.3 Å². The Labute approximate surface area is 264 Å². The fourth-order valence-corrected chi connectivity index (χ4v) is 6.30. The topological polar surface area (TPSA) is 86.1 Å². The second-order valence-electron chi connectivity index (χ2n) is 11.7. The van der Waals surface area contributed by atoms with Gasteiger partial charge in [0.25, 0.3) is 11.8 Å². The summed E-state index contributed by atoms with van der Waals surface area (Å²) in [6.07, 6.45) is 3.01. The zero-order valence-corrected chi connectivity index (χ0v) is 26.0. The molecular weight excluding hydrogens is 568 g/mol. The molecule has 1 spiro atoms. The van der Waals surface area contributed by atoms with Crippen LogP contribution in [0.3, 0.4) is 0 Å². The number of fused-ring (bicyclic) bond motifs is 1. The molecule has 9 heteroatoms. The Bertz CT molecular complexity index is 1620. The minimum atomic E-state index is -1.16. The number of hydrogen-bond acceptors (Lipinski definition) is 6.